The highest BCUT2D eigenvalue weighted by molar-refractivity contribution is 8.00. The molecule has 31 heavy (non-hydrogen) atoms. The fraction of sp³-hybridized carbons (Fsp3) is 0.522. The normalized spacial score (nSPS) is 12.8. The number of rotatable bonds is 10. The molecule has 1 heterocycles. The Labute approximate surface area is 188 Å². The van der Waals surface area contributed by atoms with Crippen LogP contribution in [0.15, 0.2) is 28.0 Å². The smallest absolute Gasteiger partial charge is 0.348 e. The molecular formula is C23H32N4O3S. The van der Waals surface area contributed by atoms with Crippen LogP contribution in [-0.2, 0) is 24.2 Å². The Morgan fingerprint density at radius 3 is 2.77 bits per heavy atom. The summed E-state index contributed by atoms with van der Waals surface area (Å²) in [7, 11) is 1.58. The van der Waals surface area contributed by atoms with Crippen molar-refractivity contribution in [3.8, 4) is 5.75 Å². The summed E-state index contributed by atoms with van der Waals surface area (Å²) in [5, 5.41) is 3.61. The number of ether oxygens (including phenoxy) is 1. The summed E-state index contributed by atoms with van der Waals surface area (Å²) in [5.41, 5.74) is 3.70. The van der Waals surface area contributed by atoms with Crippen LogP contribution >= 0.6 is 11.8 Å². The van der Waals surface area contributed by atoms with Crippen molar-refractivity contribution < 1.29 is 9.53 Å². The van der Waals surface area contributed by atoms with E-state index in [0.717, 1.165) is 55.7 Å². The lowest BCUT2D eigenvalue weighted by Gasteiger charge is -2.20. The number of thioether (sulfide) groups is 1. The molecule has 1 aliphatic carbocycles. The van der Waals surface area contributed by atoms with E-state index in [1.165, 1.54) is 11.8 Å². The maximum Gasteiger partial charge on any atom is 0.348 e. The third kappa shape index (κ3) is 5.68. The number of aromatic nitrogens is 2. The second-order valence-corrected chi connectivity index (χ2v) is 8.66. The van der Waals surface area contributed by atoms with E-state index in [0.29, 0.717) is 23.0 Å². The Kier molecular flexibility index (Phi) is 8.15. The number of methoxy groups -OCH3 is 1. The third-order valence-electron chi connectivity index (χ3n) is 5.70. The summed E-state index contributed by atoms with van der Waals surface area (Å²) >= 11 is 1.34. The quantitative estimate of drug-likeness (QED) is 0.448. The fourth-order valence-corrected chi connectivity index (χ4v) is 4.83. The Hall–Kier alpha value is -2.32. The molecule has 3 rings (SSSR count). The van der Waals surface area contributed by atoms with Gasteiger partial charge in [-0.25, -0.2) is 4.79 Å². The van der Waals surface area contributed by atoms with Gasteiger partial charge in [-0.1, -0.05) is 31.7 Å². The van der Waals surface area contributed by atoms with Gasteiger partial charge in [0.05, 0.1) is 18.6 Å². The van der Waals surface area contributed by atoms with E-state index in [-0.39, 0.29) is 17.3 Å². The lowest BCUT2D eigenvalue weighted by Crippen LogP contribution is -2.34. The van der Waals surface area contributed by atoms with E-state index >= 15 is 0 Å². The van der Waals surface area contributed by atoms with E-state index in [1.54, 1.807) is 7.11 Å². The molecule has 0 atom stereocenters. The van der Waals surface area contributed by atoms with Crippen LogP contribution < -0.4 is 15.7 Å². The average molecular weight is 445 g/mol. The molecule has 1 aromatic carbocycles. The van der Waals surface area contributed by atoms with Gasteiger partial charge >= 0.3 is 5.69 Å². The van der Waals surface area contributed by atoms with Crippen LogP contribution in [0.2, 0.25) is 0 Å². The van der Waals surface area contributed by atoms with Crippen LogP contribution in [0.4, 0.5) is 5.69 Å². The molecule has 0 radical (unpaired) electrons. The molecule has 1 amide bonds. The van der Waals surface area contributed by atoms with Crippen molar-refractivity contribution in [3.63, 3.8) is 0 Å². The standard InChI is InChI=1S/C23H32N4O3S/c1-5-26(6-2)12-13-27-19-9-7-8-17(19)22(25-23(27)29)31-15-21(28)24-18-14-16(3)10-11-20(18)30-4/h10-11,14H,5-9,12-13,15H2,1-4H3,(H,24,28). The van der Waals surface area contributed by atoms with Gasteiger partial charge in [0, 0.05) is 24.3 Å². The molecule has 0 saturated carbocycles. The number of nitrogens with one attached hydrogen (secondary N) is 1. The lowest BCUT2D eigenvalue weighted by molar-refractivity contribution is -0.113. The zero-order valence-electron chi connectivity index (χ0n) is 18.9. The number of anilines is 1. The van der Waals surface area contributed by atoms with Crippen molar-refractivity contribution >= 4 is 23.4 Å². The molecule has 168 valence electrons. The Balaban J connectivity index is 1.71. The number of likely N-dealkylation sites (N-methyl/N-ethyl adjacent to an activating group) is 1. The minimum absolute atomic E-state index is 0.145. The largest absolute Gasteiger partial charge is 0.495 e. The molecule has 0 aliphatic heterocycles. The number of benzene rings is 1. The maximum atomic E-state index is 12.7. The summed E-state index contributed by atoms with van der Waals surface area (Å²) in [6.45, 7) is 9.67. The summed E-state index contributed by atoms with van der Waals surface area (Å²) < 4.78 is 7.16. The van der Waals surface area contributed by atoms with E-state index in [4.69, 9.17) is 4.74 Å². The molecule has 0 fully saturated rings. The van der Waals surface area contributed by atoms with Gasteiger partial charge in [0.1, 0.15) is 10.8 Å². The summed E-state index contributed by atoms with van der Waals surface area (Å²) in [5.74, 6) is 0.673. The molecule has 0 saturated heterocycles. The Morgan fingerprint density at radius 2 is 2.06 bits per heavy atom. The second kappa shape index (κ2) is 10.8. The molecule has 0 spiro atoms. The van der Waals surface area contributed by atoms with Crippen LogP contribution in [-0.4, -0.2) is 52.9 Å². The number of hydrogen-bond acceptors (Lipinski definition) is 6. The first kappa shape index (κ1) is 23.3. The number of aryl methyl sites for hydroxylation is 1. The maximum absolute atomic E-state index is 12.7. The van der Waals surface area contributed by atoms with Gasteiger partial charge in [-0.2, -0.15) is 4.98 Å². The molecule has 0 bridgehead atoms. The van der Waals surface area contributed by atoms with Crippen molar-refractivity contribution in [2.45, 2.75) is 51.6 Å². The third-order valence-corrected chi connectivity index (χ3v) is 6.72. The van der Waals surface area contributed by atoms with Crippen LogP contribution in [0, 0.1) is 6.92 Å². The summed E-state index contributed by atoms with van der Waals surface area (Å²) in [6.07, 6.45) is 2.82. The van der Waals surface area contributed by atoms with E-state index in [1.807, 2.05) is 29.7 Å². The Bertz CT molecular complexity index is 986. The predicted octanol–water partition coefficient (Wildman–Crippen LogP) is 3.12. The number of fused-ring (bicyclic) bond motifs is 1. The van der Waals surface area contributed by atoms with Crippen LogP contribution in [0.5, 0.6) is 5.75 Å². The molecule has 0 unspecified atom stereocenters. The molecule has 2 aromatic rings. The van der Waals surface area contributed by atoms with Gasteiger partial charge in [0.2, 0.25) is 5.91 Å². The highest BCUT2D eigenvalue weighted by Gasteiger charge is 2.22. The molecular weight excluding hydrogens is 412 g/mol. The monoisotopic (exact) mass is 444 g/mol. The molecule has 1 aliphatic rings. The van der Waals surface area contributed by atoms with Gasteiger partial charge < -0.3 is 15.0 Å². The van der Waals surface area contributed by atoms with E-state index in [2.05, 4.69) is 29.0 Å². The Morgan fingerprint density at radius 1 is 1.29 bits per heavy atom. The van der Waals surface area contributed by atoms with Crippen LogP contribution in [0.25, 0.3) is 0 Å². The van der Waals surface area contributed by atoms with Crippen molar-refractivity contribution in [2.24, 2.45) is 0 Å². The van der Waals surface area contributed by atoms with Gasteiger partial charge in [-0.3, -0.25) is 9.36 Å². The van der Waals surface area contributed by atoms with Gasteiger partial charge in [-0.05, 0) is 57.0 Å². The number of amides is 1. The molecule has 8 heteroatoms. The summed E-state index contributed by atoms with van der Waals surface area (Å²) in [4.78, 5) is 32.0. The van der Waals surface area contributed by atoms with Gasteiger partial charge in [0.15, 0.2) is 0 Å². The zero-order valence-corrected chi connectivity index (χ0v) is 19.7. The first-order valence-electron chi connectivity index (χ1n) is 10.9. The topological polar surface area (TPSA) is 76.5 Å². The van der Waals surface area contributed by atoms with Crippen LogP contribution in [0.3, 0.4) is 0 Å². The fourth-order valence-electron chi connectivity index (χ4n) is 3.96. The number of carbonyl (C=O) groups excluding carboxylic acids is 1. The van der Waals surface area contributed by atoms with E-state index < -0.39 is 0 Å². The van der Waals surface area contributed by atoms with Crippen molar-refractivity contribution in [1.82, 2.24) is 14.5 Å². The zero-order chi connectivity index (χ0) is 22.4. The SMILES string of the molecule is CCN(CC)CCn1c2c(c(SCC(=O)Nc3cc(C)ccc3OC)nc1=O)CCC2. The first-order valence-corrected chi connectivity index (χ1v) is 11.9. The molecule has 1 aromatic heterocycles. The number of hydrogen-bond donors (Lipinski definition) is 1. The first-order chi connectivity index (χ1) is 15.0. The highest BCUT2D eigenvalue weighted by atomic mass is 32.2. The lowest BCUT2D eigenvalue weighted by atomic mass is 10.2. The second-order valence-electron chi connectivity index (χ2n) is 7.70. The number of nitrogens with zero attached hydrogens (tertiary/aromatic N) is 3. The minimum Gasteiger partial charge on any atom is -0.495 e. The van der Waals surface area contributed by atoms with Gasteiger partial charge in [-0.15, -0.1) is 0 Å². The molecule has 1 N–H and O–H groups in total. The highest BCUT2D eigenvalue weighted by Crippen LogP contribution is 2.30. The average Bonchev–Trinajstić information content (AvgIpc) is 3.24. The predicted molar refractivity (Wildman–Crippen MR) is 125 cm³/mol. The van der Waals surface area contributed by atoms with Crippen molar-refractivity contribution in [3.05, 3.63) is 45.5 Å². The van der Waals surface area contributed by atoms with Crippen LogP contribution in [0.1, 0.15) is 37.1 Å². The minimum atomic E-state index is -0.212. The van der Waals surface area contributed by atoms with Crippen molar-refractivity contribution in [1.29, 1.82) is 0 Å². The van der Waals surface area contributed by atoms with Gasteiger partial charge in [0.25, 0.3) is 0 Å². The number of carbonyl (C=O) groups is 1. The molecule has 7 nitrogen and oxygen atoms in total. The van der Waals surface area contributed by atoms with Crippen molar-refractivity contribution in [2.75, 3.05) is 37.8 Å². The van der Waals surface area contributed by atoms with E-state index in [9.17, 15) is 9.59 Å². The summed E-state index contributed by atoms with van der Waals surface area (Å²) in [6, 6.07) is 5.66.